The fraction of sp³-hybridized carbons (Fsp3) is 0.625. The predicted octanol–water partition coefficient (Wildman–Crippen LogP) is 1.08. The number of piperazine rings is 1. The summed E-state index contributed by atoms with van der Waals surface area (Å²) >= 11 is 1.50. The number of hydrogen-bond acceptors (Lipinski definition) is 6. The van der Waals surface area contributed by atoms with Crippen LogP contribution in [0.15, 0.2) is 23.7 Å². The Morgan fingerprint density at radius 1 is 1.28 bits per heavy atom. The minimum Gasteiger partial charge on any atom is -0.357 e. The van der Waals surface area contributed by atoms with E-state index in [9.17, 15) is 0 Å². The molecule has 136 valence electrons. The topological polar surface area (TPSA) is 74.5 Å². The van der Waals surface area contributed by atoms with Gasteiger partial charge in [-0.1, -0.05) is 6.92 Å². The van der Waals surface area contributed by atoms with Crippen LogP contribution in [-0.2, 0) is 13.0 Å². The second-order valence-electron chi connectivity index (χ2n) is 5.86. The first-order valence-electron chi connectivity index (χ1n) is 8.86. The van der Waals surface area contributed by atoms with Crippen molar-refractivity contribution in [3.63, 3.8) is 0 Å². The third kappa shape index (κ3) is 4.68. The number of aromatic nitrogens is 4. The second-order valence-corrected chi connectivity index (χ2v) is 6.59. The number of aliphatic imine (C=N–C) groups is 1. The Hall–Kier alpha value is -2.16. The van der Waals surface area contributed by atoms with Crippen molar-refractivity contribution in [2.45, 2.75) is 26.8 Å². The molecule has 1 aliphatic rings. The quantitative estimate of drug-likeness (QED) is 0.612. The lowest BCUT2D eigenvalue weighted by atomic mass is 10.3. The Balaban J connectivity index is 1.54. The molecule has 2 aromatic heterocycles. The zero-order chi connectivity index (χ0) is 17.5. The molecular formula is C16H26N8S. The third-order valence-electron chi connectivity index (χ3n) is 4.14. The van der Waals surface area contributed by atoms with E-state index in [1.54, 1.807) is 6.20 Å². The molecule has 0 spiro atoms. The van der Waals surface area contributed by atoms with Crippen LogP contribution in [0.25, 0.3) is 0 Å². The average Bonchev–Trinajstić information content (AvgIpc) is 3.33. The van der Waals surface area contributed by atoms with Crippen LogP contribution in [0.1, 0.15) is 19.7 Å². The number of nitrogens with zero attached hydrogens (tertiary/aromatic N) is 7. The normalized spacial score (nSPS) is 15.7. The van der Waals surface area contributed by atoms with Gasteiger partial charge in [0.25, 0.3) is 0 Å². The Bertz CT molecular complexity index is 657. The zero-order valence-electron chi connectivity index (χ0n) is 14.9. The van der Waals surface area contributed by atoms with Crippen LogP contribution in [0.2, 0.25) is 0 Å². The van der Waals surface area contributed by atoms with Crippen LogP contribution in [0.5, 0.6) is 0 Å². The van der Waals surface area contributed by atoms with E-state index in [1.165, 1.54) is 11.5 Å². The van der Waals surface area contributed by atoms with Gasteiger partial charge in [-0.15, -0.1) is 0 Å². The maximum atomic E-state index is 4.77. The summed E-state index contributed by atoms with van der Waals surface area (Å²) in [5.74, 6) is 1.94. The standard InChI is InChI=1S/C16H26N8S/c1-3-14-20-16(25-21-14)24-11-9-23(10-12-24)15(18-4-2)19-6-8-22-7-5-17-13-22/h5,7,13H,3-4,6,8-12H2,1-2H3,(H,18,19). The maximum Gasteiger partial charge on any atom is 0.205 e. The van der Waals surface area contributed by atoms with E-state index >= 15 is 0 Å². The van der Waals surface area contributed by atoms with E-state index in [0.29, 0.717) is 0 Å². The van der Waals surface area contributed by atoms with Gasteiger partial charge in [-0.05, 0) is 6.92 Å². The number of anilines is 1. The zero-order valence-corrected chi connectivity index (χ0v) is 15.7. The number of rotatable bonds is 6. The van der Waals surface area contributed by atoms with Crippen molar-refractivity contribution in [3.05, 3.63) is 24.5 Å². The highest BCUT2D eigenvalue weighted by Gasteiger charge is 2.21. The minimum absolute atomic E-state index is 0.745. The Morgan fingerprint density at radius 2 is 2.12 bits per heavy atom. The van der Waals surface area contributed by atoms with Gasteiger partial charge in [-0.25, -0.2) is 9.97 Å². The fourth-order valence-electron chi connectivity index (χ4n) is 2.74. The summed E-state index contributed by atoms with van der Waals surface area (Å²) in [7, 11) is 0. The van der Waals surface area contributed by atoms with Gasteiger partial charge in [0.15, 0.2) is 5.96 Å². The molecule has 0 amide bonds. The largest absolute Gasteiger partial charge is 0.357 e. The lowest BCUT2D eigenvalue weighted by Crippen LogP contribution is -2.52. The van der Waals surface area contributed by atoms with Gasteiger partial charge in [0.1, 0.15) is 5.82 Å². The first kappa shape index (κ1) is 17.7. The molecule has 1 fully saturated rings. The number of hydrogen-bond donors (Lipinski definition) is 1. The average molecular weight is 363 g/mol. The van der Waals surface area contributed by atoms with Crippen molar-refractivity contribution >= 4 is 22.6 Å². The van der Waals surface area contributed by atoms with Crippen LogP contribution < -0.4 is 10.2 Å². The van der Waals surface area contributed by atoms with E-state index in [2.05, 4.69) is 43.3 Å². The first-order valence-corrected chi connectivity index (χ1v) is 9.64. The van der Waals surface area contributed by atoms with Crippen LogP contribution in [-0.4, -0.2) is 69.0 Å². The van der Waals surface area contributed by atoms with Crippen molar-refractivity contribution < 1.29 is 0 Å². The summed E-state index contributed by atoms with van der Waals surface area (Å²) in [4.78, 5) is 18.1. The van der Waals surface area contributed by atoms with Crippen molar-refractivity contribution in [3.8, 4) is 0 Å². The van der Waals surface area contributed by atoms with Gasteiger partial charge in [0.2, 0.25) is 5.13 Å². The molecule has 0 aromatic carbocycles. The molecule has 0 radical (unpaired) electrons. The minimum atomic E-state index is 0.745. The number of aryl methyl sites for hydroxylation is 1. The van der Waals surface area contributed by atoms with Crippen molar-refractivity contribution in [2.75, 3.05) is 44.2 Å². The molecule has 25 heavy (non-hydrogen) atoms. The lowest BCUT2D eigenvalue weighted by Gasteiger charge is -2.36. The first-order chi connectivity index (χ1) is 12.3. The van der Waals surface area contributed by atoms with Crippen molar-refractivity contribution in [2.24, 2.45) is 4.99 Å². The summed E-state index contributed by atoms with van der Waals surface area (Å²) < 4.78 is 6.44. The van der Waals surface area contributed by atoms with Crippen LogP contribution >= 0.6 is 11.5 Å². The Labute approximate surface area is 152 Å². The van der Waals surface area contributed by atoms with E-state index in [4.69, 9.17) is 4.99 Å². The predicted molar refractivity (Wildman–Crippen MR) is 101 cm³/mol. The van der Waals surface area contributed by atoms with Crippen molar-refractivity contribution in [1.82, 2.24) is 29.1 Å². The molecule has 1 saturated heterocycles. The van der Waals surface area contributed by atoms with Gasteiger partial charge in [-0.3, -0.25) is 4.99 Å². The molecule has 0 atom stereocenters. The molecule has 8 nitrogen and oxygen atoms in total. The molecule has 0 bridgehead atoms. The van der Waals surface area contributed by atoms with Gasteiger partial charge >= 0.3 is 0 Å². The number of nitrogens with one attached hydrogen (secondary N) is 1. The molecule has 1 N–H and O–H groups in total. The summed E-state index contributed by atoms with van der Waals surface area (Å²) in [5.41, 5.74) is 0. The van der Waals surface area contributed by atoms with Crippen molar-refractivity contribution in [1.29, 1.82) is 0 Å². The Morgan fingerprint density at radius 3 is 2.76 bits per heavy atom. The summed E-state index contributed by atoms with van der Waals surface area (Å²) in [5, 5.41) is 4.45. The molecule has 0 saturated carbocycles. The summed E-state index contributed by atoms with van der Waals surface area (Å²) in [6.45, 7) is 10.4. The van der Waals surface area contributed by atoms with Gasteiger partial charge in [0, 0.05) is 69.6 Å². The molecule has 0 unspecified atom stereocenters. The molecule has 0 aliphatic carbocycles. The number of imidazole rings is 1. The lowest BCUT2D eigenvalue weighted by molar-refractivity contribution is 0.372. The highest BCUT2D eigenvalue weighted by atomic mass is 32.1. The molecule has 9 heteroatoms. The SMILES string of the molecule is CCNC(=NCCn1ccnc1)N1CCN(c2nc(CC)ns2)CC1. The molecular weight excluding hydrogens is 336 g/mol. The fourth-order valence-corrected chi connectivity index (χ4v) is 3.54. The monoisotopic (exact) mass is 362 g/mol. The third-order valence-corrected chi connectivity index (χ3v) is 4.95. The van der Waals surface area contributed by atoms with Crippen LogP contribution in [0, 0.1) is 0 Å². The summed E-state index contributed by atoms with van der Waals surface area (Å²) in [6, 6.07) is 0. The molecule has 3 heterocycles. The van der Waals surface area contributed by atoms with Crippen LogP contribution in [0.3, 0.4) is 0 Å². The number of guanidine groups is 1. The van der Waals surface area contributed by atoms with Gasteiger partial charge < -0.3 is 19.7 Å². The van der Waals surface area contributed by atoms with E-state index in [0.717, 1.165) is 69.1 Å². The highest BCUT2D eigenvalue weighted by molar-refractivity contribution is 7.09. The smallest absolute Gasteiger partial charge is 0.205 e. The van der Waals surface area contributed by atoms with E-state index in [-0.39, 0.29) is 0 Å². The molecule has 1 aliphatic heterocycles. The van der Waals surface area contributed by atoms with E-state index in [1.807, 2.05) is 17.1 Å². The highest BCUT2D eigenvalue weighted by Crippen LogP contribution is 2.19. The molecule has 3 rings (SSSR count). The summed E-state index contributed by atoms with van der Waals surface area (Å²) in [6.07, 6.45) is 6.48. The second kappa shape index (κ2) is 8.80. The maximum absolute atomic E-state index is 4.77. The Kier molecular flexibility index (Phi) is 6.21. The van der Waals surface area contributed by atoms with E-state index < -0.39 is 0 Å². The molecule has 2 aromatic rings. The van der Waals surface area contributed by atoms with Crippen LogP contribution in [0.4, 0.5) is 5.13 Å². The van der Waals surface area contributed by atoms with Gasteiger partial charge in [-0.2, -0.15) is 4.37 Å². The van der Waals surface area contributed by atoms with Gasteiger partial charge in [0.05, 0.1) is 12.9 Å².